The zero-order valence-corrected chi connectivity index (χ0v) is 10.2. The summed E-state index contributed by atoms with van der Waals surface area (Å²) < 4.78 is 7.31. The molecule has 1 aromatic heterocycles. The molecule has 2 heterocycles. The molecule has 0 unspecified atom stereocenters. The molecule has 86 valence electrons. The van der Waals surface area contributed by atoms with Crippen LogP contribution in [0.5, 0.6) is 5.75 Å². The van der Waals surface area contributed by atoms with Crippen molar-refractivity contribution in [3.8, 4) is 5.75 Å². The van der Waals surface area contributed by atoms with Crippen molar-refractivity contribution in [3.63, 3.8) is 0 Å². The van der Waals surface area contributed by atoms with Crippen LogP contribution < -0.4 is 19.8 Å². The highest BCUT2D eigenvalue weighted by Crippen LogP contribution is 2.13. The van der Waals surface area contributed by atoms with Crippen molar-refractivity contribution in [3.05, 3.63) is 17.6 Å². The first-order valence-corrected chi connectivity index (χ1v) is 5.52. The maximum absolute atomic E-state index is 5.41. The van der Waals surface area contributed by atoms with Crippen molar-refractivity contribution < 1.29 is 9.10 Å². The molecule has 4 heteroatoms. The Bertz CT molecular complexity index is 520. The summed E-state index contributed by atoms with van der Waals surface area (Å²) in [6, 6.07) is 2.42. The Morgan fingerprint density at radius 1 is 1.50 bits per heavy atom. The predicted octanol–water partition coefficient (Wildman–Crippen LogP) is 1.02. The first-order valence-electron chi connectivity index (χ1n) is 5.52. The number of hydrogen-bond donors (Lipinski definition) is 1. The maximum atomic E-state index is 5.41. The van der Waals surface area contributed by atoms with E-state index in [0.29, 0.717) is 6.04 Å². The van der Waals surface area contributed by atoms with Crippen LogP contribution in [0.25, 0.3) is 5.57 Å². The van der Waals surface area contributed by atoms with Gasteiger partial charge in [-0.2, -0.15) is 0 Å². The van der Waals surface area contributed by atoms with Crippen LogP contribution in [-0.4, -0.2) is 19.7 Å². The number of nitrogens with one attached hydrogen (secondary N) is 1. The van der Waals surface area contributed by atoms with Gasteiger partial charge in [0.15, 0.2) is 5.75 Å². The lowest BCUT2D eigenvalue weighted by atomic mass is 10.2. The lowest BCUT2D eigenvalue weighted by Crippen LogP contribution is -2.36. The number of methoxy groups -OCH3 is 1. The molecule has 0 radical (unpaired) electrons. The van der Waals surface area contributed by atoms with Crippen molar-refractivity contribution in [1.82, 2.24) is 0 Å². The Hall–Kier alpha value is -1.58. The average molecular weight is 220 g/mol. The van der Waals surface area contributed by atoms with Crippen molar-refractivity contribution in [2.45, 2.75) is 26.8 Å². The second-order valence-electron chi connectivity index (χ2n) is 4.37. The van der Waals surface area contributed by atoms with E-state index >= 15 is 0 Å². The van der Waals surface area contributed by atoms with Gasteiger partial charge in [-0.1, -0.05) is 4.36 Å². The predicted molar refractivity (Wildman–Crippen MR) is 63.3 cm³/mol. The van der Waals surface area contributed by atoms with Crippen LogP contribution in [0.1, 0.15) is 20.8 Å². The van der Waals surface area contributed by atoms with Gasteiger partial charge < -0.3 is 10.1 Å². The van der Waals surface area contributed by atoms with E-state index in [-0.39, 0.29) is 0 Å². The van der Waals surface area contributed by atoms with Crippen molar-refractivity contribution in [2.24, 2.45) is 5.11 Å². The number of ether oxygens (including phenoxy) is 1. The van der Waals surface area contributed by atoms with Crippen LogP contribution in [0, 0.1) is 0 Å². The van der Waals surface area contributed by atoms with Gasteiger partial charge in [-0.15, -0.1) is 0 Å². The van der Waals surface area contributed by atoms with Gasteiger partial charge >= 0.3 is 0 Å². The molecule has 4 nitrogen and oxygen atoms in total. The molecule has 0 bridgehead atoms. The van der Waals surface area contributed by atoms with Gasteiger partial charge in [-0.05, 0) is 25.9 Å². The fraction of sp³-hybridized carbons (Fsp3) is 0.500. The van der Waals surface area contributed by atoms with Crippen molar-refractivity contribution in [1.29, 1.82) is 0 Å². The third-order valence-electron chi connectivity index (χ3n) is 2.55. The van der Waals surface area contributed by atoms with E-state index in [9.17, 15) is 0 Å². The SMILES string of the molecule is COc1cc(NC(C)C)c[n+]2c1=C(C)CN=2. The van der Waals surface area contributed by atoms with Gasteiger partial charge in [0.25, 0.3) is 5.35 Å². The minimum atomic E-state index is 0.398. The molecule has 1 N–H and O–H groups in total. The molecule has 0 aliphatic carbocycles. The third kappa shape index (κ3) is 1.87. The fourth-order valence-corrected chi connectivity index (χ4v) is 1.90. The lowest BCUT2D eigenvalue weighted by Gasteiger charge is -2.07. The first kappa shape index (κ1) is 10.9. The molecule has 0 amide bonds. The minimum absolute atomic E-state index is 0.398. The van der Waals surface area contributed by atoms with Gasteiger partial charge in [0.1, 0.15) is 12.2 Å². The highest BCUT2D eigenvalue weighted by molar-refractivity contribution is 5.50. The molecule has 0 spiro atoms. The largest absolute Gasteiger partial charge is 0.490 e. The maximum Gasteiger partial charge on any atom is 0.280 e. The Morgan fingerprint density at radius 3 is 2.88 bits per heavy atom. The second-order valence-corrected chi connectivity index (χ2v) is 4.37. The van der Waals surface area contributed by atoms with Crippen LogP contribution in [0.3, 0.4) is 0 Å². The van der Waals surface area contributed by atoms with Crippen molar-refractivity contribution in [2.75, 3.05) is 19.0 Å². The van der Waals surface area contributed by atoms with E-state index in [1.165, 1.54) is 5.57 Å². The first-order chi connectivity index (χ1) is 7.61. The number of aromatic nitrogens is 1. The summed E-state index contributed by atoms with van der Waals surface area (Å²) >= 11 is 0. The number of pyridine rings is 1. The smallest absolute Gasteiger partial charge is 0.280 e. The third-order valence-corrected chi connectivity index (χ3v) is 2.55. The number of fused-ring (bicyclic) bond motifs is 1. The van der Waals surface area contributed by atoms with Gasteiger partial charge in [0.2, 0.25) is 6.20 Å². The number of hydrogen-bond acceptors (Lipinski definition) is 3. The normalized spacial score (nSPS) is 13.7. The summed E-state index contributed by atoms with van der Waals surface area (Å²) in [6.45, 7) is 7.06. The van der Waals surface area contributed by atoms with E-state index in [0.717, 1.165) is 23.3 Å². The Kier molecular flexibility index (Phi) is 2.81. The molecule has 0 fully saturated rings. The second kappa shape index (κ2) is 4.12. The Morgan fingerprint density at radius 2 is 2.25 bits per heavy atom. The molecule has 1 aromatic rings. The summed E-state index contributed by atoms with van der Waals surface area (Å²) in [5, 5.41) is 8.85. The minimum Gasteiger partial charge on any atom is -0.490 e. The summed E-state index contributed by atoms with van der Waals surface area (Å²) in [6.07, 6.45) is 2.01. The van der Waals surface area contributed by atoms with Crippen LogP contribution in [-0.2, 0) is 0 Å². The summed E-state index contributed by atoms with van der Waals surface area (Å²) in [5.41, 5.74) is 2.28. The van der Waals surface area contributed by atoms with Gasteiger partial charge in [0, 0.05) is 17.7 Å². The van der Waals surface area contributed by atoms with Crippen LogP contribution in [0.4, 0.5) is 5.69 Å². The fourth-order valence-electron chi connectivity index (χ4n) is 1.90. The number of anilines is 1. The van der Waals surface area contributed by atoms with Gasteiger partial charge in [-0.3, -0.25) is 0 Å². The van der Waals surface area contributed by atoms with E-state index in [1.54, 1.807) is 7.11 Å². The van der Waals surface area contributed by atoms with Crippen LogP contribution >= 0.6 is 0 Å². The number of nitrogens with zero attached hydrogens (tertiary/aromatic N) is 2. The molecule has 0 saturated carbocycles. The van der Waals surface area contributed by atoms with Gasteiger partial charge in [0.05, 0.1) is 7.11 Å². The highest BCUT2D eigenvalue weighted by Gasteiger charge is 2.18. The highest BCUT2D eigenvalue weighted by atomic mass is 16.5. The standard InChI is InChI=1S/C12H18N3O/c1-8(2)14-10-5-11(16-4)12-9(3)6-13-15(12)7-10/h5,7-8,14H,6H2,1-4H3/q+1. The van der Waals surface area contributed by atoms with Crippen LogP contribution in [0.15, 0.2) is 17.4 Å². The lowest BCUT2D eigenvalue weighted by molar-refractivity contribution is -0.557. The molecule has 16 heavy (non-hydrogen) atoms. The summed E-state index contributed by atoms with van der Waals surface area (Å²) in [4.78, 5) is 0. The summed E-state index contributed by atoms with van der Waals surface area (Å²) in [5.74, 6) is 0.879. The Labute approximate surface area is 95.3 Å². The molecule has 0 atom stereocenters. The zero-order valence-electron chi connectivity index (χ0n) is 10.2. The van der Waals surface area contributed by atoms with Crippen molar-refractivity contribution >= 4 is 11.3 Å². The van der Waals surface area contributed by atoms with E-state index in [1.807, 2.05) is 16.6 Å². The molecule has 2 rings (SSSR count). The van der Waals surface area contributed by atoms with Gasteiger partial charge in [-0.25, -0.2) is 0 Å². The Balaban J connectivity index is 2.58. The van der Waals surface area contributed by atoms with E-state index in [4.69, 9.17) is 4.74 Å². The van der Waals surface area contributed by atoms with E-state index in [2.05, 4.69) is 31.2 Å². The van der Waals surface area contributed by atoms with E-state index < -0.39 is 0 Å². The molecule has 1 aliphatic rings. The monoisotopic (exact) mass is 220 g/mol. The zero-order chi connectivity index (χ0) is 11.7. The molecule has 0 aromatic carbocycles. The number of rotatable bonds is 3. The molecule has 1 aliphatic heterocycles. The quantitative estimate of drug-likeness (QED) is 0.772. The topological polar surface area (TPSA) is 39.5 Å². The molecular formula is C12H18N3O+. The van der Waals surface area contributed by atoms with Crippen LogP contribution in [0.2, 0.25) is 0 Å². The average Bonchev–Trinajstić information content (AvgIpc) is 2.58. The molecule has 0 saturated heterocycles. The molecular weight excluding hydrogens is 202 g/mol. The summed E-state index contributed by atoms with van der Waals surface area (Å²) in [7, 11) is 1.70.